The molecule has 1 rings (SSSR count). The maximum Gasteiger partial charge on any atom is -0.0181 e. The van der Waals surface area contributed by atoms with Crippen molar-refractivity contribution in [1.29, 1.82) is 0 Å². The van der Waals surface area contributed by atoms with Crippen LogP contribution in [0.2, 0.25) is 0 Å². The van der Waals surface area contributed by atoms with Crippen LogP contribution in [0.15, 0.2) is 71.2 Å². The second-order valence-corrected chi connectivity index (χ2v) is 4.13. The molecule has 0 aliphatic heterocycles. The average molecular weight is 230 g/mol. The first kappa shape index (κ1) is 12.9. The maximum absolute atomic E-state index is 4.39. The average Bonchev–Trinajstić information content (AvgIpc) is 2.27. The van der Waals surface area contributed by atoms with Gasteiger partial charge >= 0.3 is 0 Å². The van der Waals surface area contributed by atoms with E-state index in [1.807, 2.05) is 43.4 Å². The van der Waals surface area contributed by atoms with Crippen molar-refractivity contribution in [2.75, 3.05) is 0 Å². The summed E-state index contributed by atoms with van der Waals surface area (Å²) in [7, 11) is 0. The molecule has 0 unspecified atom stereocenters. The van der Waals surface area contributed by atoms with Gasteiger partial charge in [-0.15, -0.1) is 12.6 Å². The molecule has 0 amide bonds. The summed E-state index contributed by atoms with van der Waals surface area (Å²) >= 11 is 4.39. The van der Waals surface area contributed by atoms with Gasteiger partial charge in [0, 0.05) is 0 Å². The third kappa shape index (κ3) is 5.62. The summed E-state index contributed by atoms with van der Waals surface area (Å²) in [6.45, 7) is 2.01. The molecule has 1 aliphatic carbocycles. The van der Waals surface area contributed by atoms with Crippen LogP contribution in [0.1, 0.15) is 19.8 Å². The van der Waals surface area contributed by atoms with Crippen LogP contribution in [0.4, 0.5) is 0 Å². The topological polar surface area (TPSA) is 0 Å². The van der Waals surface area contributed by atoms with Crippen molar-refractivity contribution in [1.82, 2.24) is 0 Å². The van der Waals surface area contributed by atoms with Gasteiger partial charge in [-0.3, -0.25) is 0 Å². The normalized spacial score (nSPS) is 26.4. The molecular weight excluding hydrogens is 212 g/mol. The van der Waals surface area contributed by atoms with Gasteiger partial charge in [0.2, 0.25) is 0 Å². The number of hydrogen-bond acceptors (Lipinski definition) is 1. The van der Waals surface area contributed by atoms with Crippen molar-refractivity contribution < 1.29 is 0 Å². The number of hydrogen-bond donors (Lipinski definition) is 1. The van der Waals surface area contributed by atoms with Crippen LogP contribution in [-0.4, -0.2) is 0 Å². The van der Waals surface area contributed by atoms with Crippen molar-refractivity contribution in [3.05, 3.63) is 71.2 Å². The van der Waals surface area contributed by atoms with Crippen LogP contribution in [0.25, 0.3) is 0 Å². The summed E-state index contributed by atoms with van der Waals surface area (Å²) in [5, 5.41) is 0. The molecular formula is C15H18S. The molecule has 0 spiro atoms. The van der Waals surface area contributed by atoms with Crippen LogP contribution in [0.3, 0.4) is 0 Å². The molecule has 1 heteroatoms. The zero-order valence-electron chi connectivity index (χ0n) is 9.63. The second-order valence-electron chi connectivity index (χ2n) is 3.55. The first-order valence-corrected chi connectivity index (χ1v) is 5.99. The Morgan fingerprint density at radius 3 is 2.56 bits per heavy atom. The molecule has 0 aromatic rings. The predicted octanol–water partition coefficient (Wildman–Crippen LogP) is 4.77. The number of thiol groups is 1. The number of allylic oxidation sites excluding steroid dienone is 12. The van der Waals surface area contributed by atoms with E-state index in [0.717, 1.165) is 17.7 Å². The Balaban J connectivity index is 2.55. The maximum atomic E-state index is 4.39. The standard InChI is InChI=1S/C15H18S/c1-2-3-4-5-6-9-14-10-7-8-11-15(16)13-12-14/h2-11,16H,12-13H2,1H3/b3-2+,5-4-,8-7-,9-6+,14-10-,15-11+. The molecule has 0 saturated carbocycles. The fourth-order valence-corrected chi connectivity index (χ4v) is 1.54. The van der Waals surface area contributed by atoms with Gasteiger partial charge in [-0.05, 0) is 30.2 Å². The van der Waals surface area contributed by atoms with Gasteiger partial charge in [0.15, 0.2) is 0 Å². The minimum atomic E-state index is 1.02. The van der Waals surface area contributed by atoms with Crippen molar-refractivity contribution in [3.63, 3.8) is 0 Å². The largest absolute Gasteiger partial charge is 0.148 e. The van der Waals surface area contributed by atoms with E-state index >= 15 is 0 Å². The van der Waals surface area contributed by atoms with Crippen LogP contribution < -0.4 is 0 Å². The Hall–Kier alpha value is -1.21. The van der Waals surface area contributed by atoms with E-state index in [0.29, 0.717) is 0 Å². The van der Waals surface area contributed by atoms with Crippen LogP contribution >= 0.6 is 12.6 Å². The number of rotatable bonds is 3. The van der Waals surface area contributed by atoms with E-state index in [1.54, 1.807) is 0 Å². The highest BCUT2D eigenvalue weighted by atomic mass is 32.1. The Labute approximate surface area is 104 Å². The van der Waals surface area contributed by atoms with Crippen molar-refractivity contribution in [3.8, 4) is 0 Å². The second kappa shape index (κ2) is 8.00. The molecule has 0 heterocycles. The third-order valence-electron chi connectivity index (χ3n) is 2.22. The van der Waals surface area contributed by atoms with Crippen molar-refractivity contribution in [2.45, 2.75) is 19.8 Å². The summed E-state index contributed by atoms with van der Waals surface area (Å²) in [6, 6.07) is 0. The van der Waals surface area contributed by atoms with Gasteiger partial charge in [0.1, 0.15) is 0 Å². The molecule has 1 aliphatic rings. The summed E-state index contributed by atoms with van der Waals surface area (Å²) < 4.78 is 0. The van der Waals surface area contributed by atoms with Gasteiger partial charge in [0.25, 0.3) is 0 Å². The fourth-order valence-electron chi connectivity index (χ4n) is 1.34. The lowest BCUT2D eigenvalue weighted by molar-refractivity contribution is 0.993. The highest BCUT2D eigenvalue weighted by Crippen LogP contribution is 2.17. The van der Waals surface area contributed by atoms with E-state index < -0.39 is 0 Å². The van der Waals surface area contributed by atoms with Gasteiger partial charge in [-0.25, -0.2) is 0 Å². The molecule has 0 bridgehead atoms. The van der Waals surface area contributed by atoms with E-state index in [9.17, 15) is 0 Å². The minimum Gasteiger partial charge on any atom is -0.148 e. The molecule has 0 aromatic heterocycles. The Morgan fingerprint density at radius 2 is 1.75 bits per heavy atom. The lowest BCUT2D eigenvalue weighted by atomic mass is 10.1. The van der Waals surface area contributed by atoms with Gasteiger partial charge in [-0.2, -0.15) is 0 Å². The van der Waals surface area contributed by atoms with E-state index in [4.69, 9.17) is 0 Å². The molecule has 0 atom stereocenters. The van der Waals surface area contributed by atoms with E-state index in [1.165, 1.54) is 5.57 Å². The van der Waals surface area contributed by atoms with E-state index in [-0.39, 0.29) is 0 Å². The van der Waals surface area contributed by atoms with Crippen LogP contribution in [0.5, 0.6) is 0 Å². The summed E-state index contributed by atoms with van der Waals surface area (Å²) in [4.78, 5) is 1.14. The molecule has 0 saturated heterocycles. The molecule has 0 fully saturated rings. The first-order valence-electron chi connectivity index (χ1n) is 5.54. The molecule has 0 nitrogen and oxygen atoms in total. The fraction of sp³-hybridized carbons (Fsp3) is 0.200. The summed E-state index contributed by atoms with van der Waals surface area (Å²) in [5.41, 5.74) is 1.33. The molecule has 84 valence electrons. The molecule has 0 N–H and O–H groups in total. The molecule has 0 aromatic carbocycles. The summed E-state index contributed by atoms with van der Waals surface area (Å²) in [6.07, 6.45) is 22.7. The quantitative estimate of drug-likeness (QED) is 0.524. The zero-order chi connectivity index (χ0) is 11.6. The first-order chi connectivity index (χ1) is 7.83. The van der Waals surface area contributed by atoms with E-state index in [2.05, 4.69) is 36.9 Å². The van der Waals surface area contributed by atoms with Crippen LogP contribution in [-0.2, 0) is 0 Å². The van der Waals surface area contributed by atoms with Crippen molar-refractivity contribution >= 4 is 12.6 Å². The zero-order valence-corrected chi connectivity index (χ0v) is 10.5. The van der Waals surface area contributed by atoms with Gasteiger partial charge in [-0.1, -0.05) is 60.8 Å². The third-order valence-corrected chi connectivity index (χ3v) is 2.59. The SMILES string of the molecule is C/C=C/C=C\C=C\C1=C\C=C/C=C(/S)CC1. The lowest BCUT2D eigenvalue weighted by Gasteiger charge is -2.03. The summed E-state index contributed by atoms with van der Waals surface area (Å²) in [5.74, 6) is 0. The highest BCUT2D eigenvalue weighted by molar-refractivity contribution is 7.84. The highest BCUT2D eigenvalue weighted by Gasteiger charge is 1.96. The van der Waals surface area contributed by atoms with Gasteiger partial charge < -0.3 is 0 Å². The predicted molar refractivity (Wildman–Crippen MR) is 76.6 cm³/mol. The van der Waals surface area contributed by atoms with Crippen LogP contribution in [0, 0.1) is 0 Å². The minimum absolute atomic E-state index is 1.02. The lowest BCUT2D eigenvalue weighted by Crippen LogP contribution is -1.82. The molecule has 0 radical (unpaired) electrons. The molecule has 16 heavy (non-hydrogen) atoms. The Kier molecular flexibility index (Phi) is 6.43. The smallest absolute Gasteiger partial charge is 0.0181 e. The Bertz CT molecular complexity index is 376. The van der Waals surface area contributed by atoms with Gasteiger partial charge in [0.05, 0.1) is 0 Å². The Morgan fingerprint density at radius 1 is 1.00 bits per heavy atom. The van der Waals surface area contributed by atoms with Crippen molar-refractivity contribution in [2.24, 2.45) is 0 Å². The monoisotopic (exact) mass is 230 g/mol.